The highest BCUT2D eigenvalue weighted by Gasteiger charge is 2.35. The van der Waals surface area contributed by atoms with Crippen LogP contribution in [0, 0.1) is 0 Å². The van der Waals surface area contributed by atoms with Crippen molar-refractivity contribution in [1.29, 1.82) is 0 Å². The molecule has 1 saturated carbocycles. The minimum Gasteiger partial charge on any atom is -0.493 e. The Morgan fingerprint density at radius 2 is 2.14 bits per heavy atom. The molecule has 1 fully saturated rings. The first-order valence-electron chi connectivity index (χ1n) is 7.28. The quantitative estimate of drug-likeness (QED) is 0.928. The number of carbonyl (C=O) groups excluding carboxylic acids is 1. The highest BCUT2D eigenvalue weighted by Crippen LogP contribution is 2.40. The van der Waals surface area contributed by atoms with E-state index in [9.17, 15) is 13.6 Å². The van der Waals surface area contributed by atoms with Gasteiger partial charge in [-0.3, -0.25) is 4.79 Å². The van der Waals surface area contributed by atoms with Crippen LogP contribution in [0.2, 0.25) is 0 Å². The average molecular weight is 312 g/mol. The van der Waals surface area contributed by atoms with Crippen molar-refractivity contribution in [3.05, 3.63) is 17.7 Å². The summed E-state index contributed by atoms with van der Waals surface area (Å²) in [5.74, 6) is 0.277. The third kappa shape index (κ3) is 2.93. The molecule has 0 radical (unpaired) electrons. The van der Waals surface area contributed by atoms with Crippen molar-refractivity contribution in [2.24, 2.45) is 0 Å². The maximum absolute atomic E-state index is 12.8. The zero-order chi connectivity index (χ0) is 15.7. The monoisotopic (exact) mass is 312 g/mol. The van der Waals surface area contributed by atoms with Gasteiger partial charge in [-0.05, 0) is 25.0 Å². The molecular weight excluding hydrogens is 294 g/mol. The lowest BCUT2D eigenvalue weighted by molar-refractivity contribution is -0.132. The second-order valence-corrected chi connectivity index (χ2v) is 5.43. The van der Waals surface area contributed by atoms with E-state index in [4.69, 9.17) is 4.74 Å². The van der Waals surface area contributed by atoms with Crippen molar-refractivity contribution in [2.45, 2.75) is 38.5 Å². The number of anilines is 1. The standard InChI is InChI=1S/C15H18F2N2O3/c1-21-12-5-4-11-10(14(12)22-15(16)17)8-19(9-2-3-9)13(20)6-7-18-11/h4-5,9,15,18H,2-3,6-8H2,1H3. The molecule has 0 unspecified atom stereocenters. The van der Waals surface area contributed by atoms with E-state index in [1.165, 1.54) is 7.11 Å². The molecule has 3 rings (SSSR count). The molecule has 0 aromatic heterocycles. The number of ether oxygens (including phenoxy) is 2. The van der Waals surface area contributed by atoms with Gasteiger partial charge >= 0.3 is 6.61 Å². The number of rotatable bonds is 4. The molecule has 0 bridgehead atoms. The highest BCUT2D eigenvalue weighted by atomic mass is 19.3. The van der Waals surface area contributed by atoms with Gasteiger partial charge in [-0.25, -0.2) is 0 Å². The van der Waals surface area contributed by atoms with E-state index in [-0.39, 0.29) is 30.0 Å². The number of amides is 1. The Labute approximate surface area is 127 Å². The Morgan fingerprint density at radius 1 is 1.36 bits per heavy atom. The Morgan fingerprint density at radius 3 is 2.77 bits per heavy atom. The topological polar surface area (TPSA) is 50.8 Å². The minimum absolute atomic E-state index is 0.00264. The van der Waals surface area contributed by atoms with Gasteiger partial charge < -0.3 is 19.7 Å². The maximum Gasteiger partial charge on any atom is 0.387 e. The van der Waals surface area contributed by atoms with Gasteiger partial charge in [-0.15, -0.1) is 0 Å². The van der Waals surface area contributed by atoms with Crippen LogP contribution in [0.15, 0.2) is 12.1 Å². The number of methoxy groups -OCH3 is 1. The molecule has 1 aliphatic carbocycles. The highest BCUT2D eigenvalue weighted by molar-refractivity contribution is 5.79. The molecule has 0 saturated heterocycles. The van der Waals surface area contributed by atoms with Crippen molar-refractivity contribution in [3.8, 4) is 11.5 Å². The van der Waals surface area contributed by atoms with E-state index in [0.29, 0.717) is 24.2 Å². The lowest BCUT2D eigenvalue weighted by Gasteiger charge is -2.28. The largest absolute Gasteiger partial charge is 0.493 e. The van der Waals surface area contributed by atoms with E-state index in [1.54, 1.807) is 17.0 Å². The average Bonchev–Trinajstić information content (AvgIpc) is 3.28. The molecule has 22 heavy (non-hydrogen) atoms. The zero-order valence-corrected chi connectivity index (χ0v) is 12.3. The summed E-state index contributed by atoms with van der Waals surface area (Å²) in [5.41, 5.74) is 1.24. The fourth-order valence-corrected chi connectivity index (χ4v) is 2.73. The predicted octanol–water partition coefficient (Wildman–Crippen LogP) is 2.60. The number of nitrogens with zero attached hydrogens (tertiary/aromatic N) is 1. The van der Waals surface area contributed by atoms with Crippen LogP contribution in [-0.2, 0) is 11.3 Å². The maximum atomic E-state index is 12.8. The van der Waals surface area contributed by atoms with Crippen LogP contribution in [-0.4, -0.2) is 37.1 Å². The molecule has 1 N–H and O–H groups in total. The van der Waals surface area contributed by atoms with Crippen LogP contribution in [0.4, 0.5) is 14.5 Å². The van der Waals surface area contributed by atoms with E-state index in [2.05, 4.69) is 10.1 Å². The zero-order valence-electron chi connectivity index (χ0n) is 12.3. The number of hydrogen-bond donors (Lipinski definition) is 1. The number of fused-ring (bicyclic) bond motifs is 1. The van der Waals surface area contributed by atoms with Gasteiger partial charge in [0.1, 0.15) is 0 Å². The van der Waals surface area contributed by atoms with Gasteiger partial charge in [-0.2, -0.15) is 8.78 Å². The molecule has 1 heterocycles. The number of halogens is 2. The summed E-state index contributed by atoms with van der Waals surface area (Å²) in [6.07, 6.45) is 2.32. The second-order valence-electron chi connectivity index (χ2n) is 5.43. The third-order valence-electron chi connectivity index (χ3n) is 3.94. The van der Waals surface area contributed by atoms with Crippen molar-refractivity contribution >= 4 is 11.6 Å². The van der Waals surface area contributed by atoms with Gasteiger partial charge in [0.25, 0.3) is 0 Å². The number of hydrogen-bond acceptors (Lipinski definition) is 4. The van der Waals surface area contributed by atoms with E-state index < -0.39 is 6.61 Å². The van der Waals surface area contributed by atoms with Crippen molar-refractivity contribution in [3.63, 3.8) is 0 Å². The van der Waals surface area contributed by atoms with E-state index in [0.717, 1.165) is 12.8 Å². The Kier molecular flexibility index (Phi) is 4.04. The van der Waals surface area contributed by atoms with Crippen molar-refractivity contribution in [1.82, 2.24) is 4.90 Å². The summed E-state index contributed by atoms with van der Waals surface area (Å²) in [5, 5.41) is 3.11. The van der Waals surface area contributed by atoms with Gasteiger partial charge in [-0.1, -0.05) is 0 Å². The predicted molar refractivity (Wildman–Crippen MR) is 76.3 cm³/mol. The van der Waals surface area contributed by atoms with Crippen molar-refractivity contribution in [2.75, 3.05) is 19.0 Å². The van der Waals surface area contributed by atoms with Crippen LogP contribution in [0.5, 0.6) is 11.5 Å². The Hall–Kier alpha value is -2.05. The molecule has 1 aromatic carbocycles. The summed E-state index contributed by atoms with van der Waals surface area (Å²) < 4.78 is 35.3. The van der Waals surface area contributed by atoms with Crippen molar-refractivity contribution < 1.29 is 23.0 Å². The Balaban J connectivity index is 2.02. The summed E-state index contributed by atoms with van der Waals surface area (Å²) in [7, 11) is 1.40. The molecule has 1 amide bonds. The summed E-state index contributed by atoms with van der Waals surface area (Å²) in [4.78, 5) is 14.0. The Bertz CT molecular complexity index is 576. The molecule has 1 aromatic rings. The van der Waals surface area contributed by atoms with Crippen LogP contribution < -0.4 is 14.8 Å². The molecular formula is C15H18F2N2O3. The number of nitrogens with one attached hydrogen (secondary N) is 1. The van der Waals surface area contributed by atoms with Gasteiger partial charge in [0.05, 0.1) is 13.7 Å². The molecule has 5 nitrogen and oxygen atoms in total. The van der Waals surface area contributed by atoms with Crippen LogP contribution in [0.3, 0.4) is 0 Å². The number of carbonyl (C=O) groups is 1. The first kappa shape index (κ1) is 14.9. The molecule has 0 spiro atoms. The van der Waals surface area contributed by atoms with Gasteiger partial charge in [0.15, 0.2) is 11.5 Å². The van der Waals surface area contributed by atoms with E-state index in [1.807, 2.05) is 0 Å². The molecule has 1 aliphatic heterocycles. The first-order valence-corrected chi connectivity index (χ1v) is 7.28. The number of benzene rings is 1. The molecule has 0 atom stereocenters. The van der Waals surface area contributed by atoms with Crippen LogP contribution in [0.25, 0.3) is 0 Å². The lowest BCUT2D eigenvalue weighted by atomic mass is 10.1. The number of alkyl halides is 2. The minimum atomic E-state index is -2.95. The second kappa shape index (κ2) is 5.98. The first-order chi connectivity index (χ1) is 10.6. The normalized spacial score (nSPS) is 18.4. The summed E-state index contributed by atoms with van der Waals surface area (Å²) in [6.45, 7) is -2.23. The summed E-state index contributed by atoms with van der Waals surface area (Å²) >= 11 is 0. The van der Waals surface area contributed by atoms with Gasteiger partial charge in [0, 0.05) is 30.3 Å². The van der Waals surface area contributed by atoms with Crippen LogP contribution >= 0.6 is 0 Å². The van der Waals surface area contributed by atoms with Crippen LogP contribution in [0.1, 0.15) is 24.8 Å². The van der Waals surface area contributed by atoms with Gasteiger partial charge in [0.2, 0.25) is 5.91 Å². The third-order valence-corrected chi connectivity index (χ3v) is 3.94. The molecule has 7 heteroatoms. The lowest BCUT2D eigenvalue weighted by Crippen LogP contribution is -2.35. The smallest absolute Gasteiger partial charge is 0.387 e. The van der Waals surface area contributed by atoms with E-state index >= 15 is 0 Å². The molecule has 2 aliphatic rings. The SMILES string of the molecule is COc1ccc2c(c1OC(F)F)CN(C1CC1)C(=O)CCN2. The fraction of sp³-hybridized carbons (Fsp3) is 0.533. The molecule has 120 valence electrons. The fourth-order valence-electron chi connectivity index (χ4n) is 2.73. The summed E-state index contributed by atoms with van der Waals surface area (Å²) in [6, 6.07) is 3.57.